The highest BCUT2D eigenvalue weighted by atomic mass is 15.3. The number of aryl methyl sites for hydroxylation is 2. The van der Waals surface area contributed by atoms with Gasteiger partial charge in [-0.1, -0.05) is 6.92 Å². The summed E-state index contributed by atoms with van der Waals surface area (Å²) in [5, 5.41) is 11.1. The van der Waals surface area contributed by atoms with Gasteiger partial charge in [0.15, 0.2) is 0 Å². The maximum atomic E-state index is 5.54. The fraction of sp³-hybridized carbons (Fsp3) is 0.333. The van der Waals surface area contributed by atoms with Crippen molar-refractivity contribution in [2.45, 2.75) is 13.3 Å². The molecule has 0 aromatic carbocycles. The Hall–Kier alpha value is -1.78. The zero-order valence-corrected chi connectivity index (χ0v) is 8.28. The molecule has 2 aromatic heterocycles. The number of aromatic nitrogens is 4. The van der Waals surface area contributed by atoms with Crippen LogP contribution in [0.15, 0.2) is 12.3 Å². The van der Waals surface area contributed by atoms with Gasteiger partial charge < -0.3 is 5.73 Å². The van der Waals surface area contributed by atoms with E-state index in [9.17, 15) is 0 Å². The van der Waals surface area contributed by atoms with E-state index in [0.29, 0.717) is 5.82 Å². The van der Waals surface area contributed by atoms with E-state index in [0.717, 1.165) is 23.4 Å². The first-order valence-electron chi connectivity index (χ1n) is 4.54. The van der Waals surface area contributed by atoms with Crippen LogP contribution in [0.3, 0.4) is 0 Å². The molecule has 0 aliphatic heterocycles. The van der Waals surface area contributed by atoms with Crippen LogP contribution in [0.5, 0.6) is 0 Å². The first kappa shape index (κ1) is 8.80. The molecule has 74 valence electrons. The Morgan fingerprint density at radius 3 is 2.93 bits per heavy atom. The van der Waals surface area contributed by atoms with Crippen LogP contribution in [0.1, 0.15) is 12.6 Å². The SMILES string of the molecule is CCc1nn(C)cc1-c1cc(N)n[nH]1. The Labute approximate surface area is 81.9 Å². The number of hydrogen-bond donors (Lipinski definition) is 2. The molecule has 2 heterocycles. The predicted octanol–water partition coefficient (Wildman–Crippen LogP) is 0.955. The molecule has 0 saturated carbocycles. The fourth-order valence-corrected chi connectivity index (χ4v) is 1.50. The Morgan fingerprint density at radius 2 is 2.36 bits per heavy atom. The summed E-state index contributed by atoms with van der Waals surface area (Å²) in [6, 6.07) is 1.82. The lowest BCUT2D eigenvalue weighted by Gasteiger charge is -1.93. The monoisotopic (exact) mass is 191 g/mol. The number of H-pyrrole nitrogens is 1. The van der Waals surface area contributed by atoms with Gasteiger partial charge in [0.05, 0.1) is 11.4 Å². The van der Waals surface area contributed by atoms with Crippen molar-refractivity contribution in [3.8, 4) is 11.3 Å². The Morgan fingerprint density at radius 1 is 1.57 bits per heavy atom. The van der Waals surface area contributed by atoms with Gasteiger partial charge in [-0.15, -0.1) is 0 Å². The molecule has 0 radical (unpaired) electrons. The van der Waals surface area contributed by atoms with Gasteiger partial charge in [-0.25, -0.2) is 0 Å². The topological polar surface area (TPSA) is 72.5 Å². The highest BCUT2D eigenvalue weighted by molar-refractivity contribution is 5.63. The third-order valence-electron chi connectivity index (χ3n) is 2.13. The molecule has 5 nitrogen and oxygen atoms in total. The normalized spacial score (nSPS) is 10.7. The average Bonchev–Trinajstić information content (AvgIpc) is 2.71. The predicted molar refractivity (Wildman–Crippen MR) is 54.6 cm³/mol. The van der Waals surface area contributed by atoms with Crippen molar-refractivity contribution in [2.24, 2.45) is 7.05 Å². The second-order valence-electron chi connectivity index (χ2n) is 3.22. The van der Waals surface area contributed by atoms with Gasteiger partial charge >= 0.3 is 0 Å². The minimum Gasteiger partial charge on any atom is -0.382 e. The highest BCUT2D eigenvalue weighted by Crippen LogP contribution is 2.22. The number of aromatic amines is 1. The van der Waals surface area contributed by atoms with Crippen molar-refractivity contribution < 1.29 is 0 Å². The van der Waals surface area contributed by atoms with Crippen LogP contribution in [-0.2, 0) is 13.5 Å². The minimum absolute atomic E-state index is 0.505. The van der Waals surface area contributed by atoms with Crippen molar-refractivity contribution in [2.75, 3.05) is 5.73 Å². The third kappa shape index (κ3) is 1.37. The Kier molecular flexibility index (Phi) is 1.99. The maximum Gasteiger partial charge on any atom is 0.145 e. The first-order chi connectivity index (χ1) is 6.70. The lowest BCUT2D eigenvalue weighted by Crippen LogP contribution is -1.89. The van der Waals surface area contributed by atoms with E-state index in [2.05, 4.69) is 22.2 Å². The molecule has 14 heavy (non-hydrogen) atoms. The van der Waals surface area contributed by atoms with Crippen molar-refractivity contribution in [1.82, 2.24) is 20.0 Å². The van der Waals surface area contributed by atoms with Crippen LogP contribution in [0.25, 0.3) is 11.3 Å². The lowest BCUT2D eigenvalue weighted by atomic mass is 10.1. The summed E-state index contributed by atoms with van der Waals surface area (Å²) >= 11 is 0. The van der Waals surface area contributed by atoms with Crippen LogP contribution in [0, 0.1) is 0 Å². The van der Waals surface area contributed by atoms with E-state index >= 15 is 0 Å². The van der Waals surface area contributed by atoms with Gasteiger partial charge in [-0.3, -0.25) is 9.78 Å². The van der Waals surface area contributed by atoms with E-state index in [1.165, 1.54) is 0 Å². The van der Waals surface area contributed by atoms with Crippen molar-refractivity contribution in [3.63, 3.8) is 0 Å². The van der Waals surface area contributed by atoms with E-state index in [1.807, 2.05) is 19.3 Å². The number of anilines is 1. The fourth-order valence-electron chi connectivity index (χ4n) is 1.50. The summed E-state index contributed by atoms with van der Waals surface area (Å²) in [6.07, 6.45) is 2.86. The summed E-state index contributed by atoms with van der Waals surface area (Å²) in [5.41, 5.74) is 8.59. The minimum atomic E-state index is 0.505. The zero-order valence-electron chi connectivity index (χ0n) is 8.28. The van der Waals surface area contributed by atoms with Crippen molar-refractivity contribution in [1.29, 1.82) is 0 Å². The van der Waals surface area contributed by atoms with E-state index in [1.54, 1.807) is 4.68 Å². The number of nitrogens with one attached hydrogen (secondary N) is 1. The van der Waals surface area contributed by atoms with Crippen LogP contribution >= 0.6 is 0 Å². The van der Waals surface area contributed by atoms with Gasteiger partial charge in [-0.2, -0.15) is 10.2 Å². The van der Waals surface area contributed by atoms with Crippen LogP contribution < -0.4 is 5.73 Å². The average molecular weight is 191 g/mol. The molecule has 2 aromatic rings. The number of rotatable bonds is 2. The molecule has 0 saturated heterocycles. The summed E-state index contributed by atoms with van der Waals surface area (Å²) < 4.78 is 1.80. The summed E-state index contributed by atoms with van der Waals surface area (Å²) in [4.78, 5) is 0. The number of nitrogens with zero attached hydrogens (tertiary/aromatic N) is 3. The molecule has 2 rings (SSSR count). The van der Waals surface area contributed by atoms with E-state index in [4.69, 9.17) is 5.73 Å². The number of nitrogen functional groups attached to an aromatic ring is 1. The summed E-state index contributed by atoms with van der Waals surface area (Å²) in [7, 11) is 1.91. The smallest absolute Gasteiger partial charge is 0.145 e. The van der Waals surface area contributed by atoms with Gasteiger partial charge in [0.25, 0.3) is 0 Å². The molecule has 0 amide bonds. The van der Waals surface area contributed by atoms with Gasteiger partial charge in [-0.05, 0) is 6.42 Å². The van der Waals surface area contributed by atoms with Crippen molar-refractivity contribution >= 4 is 5.82 Å². The standard InChI is InChI=1S/C9H13N5/c1-3-7-6(5-14(2)13-7)8-4-9(10)12-11-8/h4-5H,3H2,1-2H3,(H3,10,11,12). The molecule has 0 unspecified atom stereocenters. The molecular weight excluding hydrogens is 178 g/mol. The zero-order chi connectivity index (χ0) is 10.1. The van der Waals surface area contributed by atoms with Gasteiger partial charge in [0.1, 0.15) is 5.82 Å². The molecular formula is C9H13N5. The molecule has 3 N–H and O–H groups in total. The second-order valence-corrected chi connectivity index (χ2v) is 3.22. The Bertz CT molecular complexity index is 440. The first-order valence-corrected chi connectivity index (χ1v) is 4.54. The number of hydrogen-bond acceptors (Lipinski definition) is 3. The summed E-state index contributed by atoms with van der Waals surface area (Å²) in [6.45, 7) is 2.07. The van der Waals surface area contributed by atoms with Gasteiger partial charge in [0.2, 0.25) is 0 Å². The molecule has 0 aliphatic rings. The third-order valence-corrected chi connectivity index (χ3v) is 2.13. The van der Waals surface area contributed by atoms with E-state index in [-0.39, 0.29) is 0 Å². The summed E-state index contributed by atoms with van der Waals surface area (Å²) in [5.74, 6) is 0.505. The quantitative estimate of drug-likeness (QED) is 0.742. The molecule has 0 spiro atoms. The van der Waals surface area contributed by atoms with E-state index < -0.39 is 0 Å². The molecule has 0 bridgehead atoms. The molecule has 5 heteroatoms. The van der Waals surface area contributed by atoms with Gasteiger partial charge in [0, 0.05) is 24.9 Å². The molecule has 0 atom stereocenters. The second kappa shape index (κ2) is 3.17. The van der Waals surface area contributed by atoms with Crippen LogP contribution in [-0.4, -0.2) is 20.0 Å². The van der Waals surface area contributed by atoms with Crippen LogP contribution in [0.2, 0.25) is 0 Å². The maximum absolute atomic E-state index is 5.54. The van der Waals surface area contributed by atoms with Crippen LogP contribution in [0.4, 0.5) is 5.82 Å². The largest absolute Gasteiger partial charge is 0.382 e. The molecule has 0 fully saturated rings. The molecule has 0 aliphatic carbocycles. The lowest BCUT2D eigenvalue weighted by molar-refractivity contribution is 0.746. The van der Waals surface area contributed by atoms with Crippen molar-refractivity contribution in [3.05, 3.63) is 18.0 Å². The highest BCUT2D eigenvalue weighted by Gasteiger charge is 2.09. The Balaban J connectivity index is 2.49. The number of nitrogens with two attached hydrogens (primary N) is 1.